The first-order valence-electron chi connectivity index (χ1n) is 7.07. The summed E-state index contributed by atoms with van der Waals surface area (Å²) in [6.45, 7) is 2.57. The van der Waals surface area contributed by atoms with E-state index in [0.717, 1.165) is 12.0 Å². The van der Waals surface area contributed by atoms with Crippen molar-refractivity contribution in [3.05, 3.63) is 22.7 Å². The molecule has 0 saturated heterocycles. The van der Waals surface area contributed by atoms with Crippen LogP contribution in [-0.4, -0.2) is 35.1 Å². The number of carbonyl (C=O) groups is 2. The maximum absolute atomic E-state index is 11.7. The lowest BCUT2D eigenvalue weighted by Crippen LogP contribution is -2.37. The highest BCUT2D eigenvalue weighted by atomic mass is 32.1. The van der Waals surface area contributed by atoms with E-state index >= 15 is 0 Å². The maximum atomic E-state index is 11.7. The Bertz CT molecular complexity index is 609. The Morgan fingerprint density at radius 3 is 2.86 bits per heavy atom. The van der Waals surface area contributed by atoms with Crippen molar-refractivity contribution < 1.29 is 14.0 Å². The molecular formula is C14H18N4O3S. The van der Waals surface area contributed by atoms with Crippen molar-refractivity contribution in [1.29, 1.82) is 0 Å². The molecule has 0 aliphatic heterocycles. The smallest absolute Gasteiger partial charge is 0.248 e. The Hall–Kier alpha value is -2.22. The molecule has 0 atom stereocenters. The van der Waals surface area contributed by atoms with E-state index in [1.54, 1.807) is 11.3 Å². The molecule has 2 N–H and O–H groups in total. The largest absolute Gasteiger partial charge is 0.421 e. The first-order valence-corrected chi connectivity index (χ1v) is 8.01. The van der Waals surface area contributed by atoms with E-state index < -0.39 is 0 Å². The quantitative estimate of drug-likeness (QED) is 0.765. The fraction of sp³-hybridized carbons (Fsp3) is 0.429. The van der Waals surface area contributed by atoms with Crippen molar-refractivity contribution >= 4 is 23.2 Å². The van der Waals surface area contributed by atoms with Gasteiger partial charge >= 0.3 is 0 Å². The second-order valence-electron chi connectivity index (χ2n) is 4.64. The van der Waals surface area contributed by atoms with Gasteiger partial charge in [0.1, 0.15) is 0 Å². The third kappa shape index (κ3) is 4.96. The van der Waals surface area contributed by atoms with Crippen LogP contribution in [0, 0.1) is 0 Å². The molecule has 2 rings (SSSR count). The average molecular weight is 322 g/mol. The Balaban J connectivity index is 1.71. The van der Waals surface area contributed by atoms with E-state index in [4.69, 9.17) is 4.42 Å². The highest BCUT2D eigenvalue weighted by Gasteiger charge is 2.11. The molecule has 0 unspecified atom stereocenters. The van der Waals surface area contributed by atoms with E-state index in [2.05, 4.69) is 20.8 Å². The third-order valence-corrected chi connectivity index (χ3v) is 3.50. The molecule has 0 bridgehead atoms. The molecule has 0 aromatic carbocycles. The van der Waals surface area contributed by atoms with Gasteiger partial charge in [-0.15, -0.1) is 10.2 Å². The molecule has 2 amide bonds. The normalized spacial score (nSPS) is 10.4. The summed E-state index contributed by atoms with van der Waals surface area (Å²) in [5, 5.41) is 16.9. The van der Waals surface area contributed by atoms with Gasteiger partial charge in [-0.1, -0.05) is 6.92 Å². The molecule has 118 valence electrons. The van der Waals surface area contributed by atoms with Crippen LogP contribution >= 0.6 is 11.3 Å². The average Bonchev–Trinajstić information content (AvgIpc) is 3.19. The molecule has 7 nitrogen and oxygen atoms in total. The van der Waals surface area contributed by atoms with E-state index in [1.165, 1.54) is 0 Å². The van der Waals surface area contributed by atoms with Crippen molar-refractivity contribution in [2.24, 2.45) is 0 Å². The van der Waals surface area contributed by atoms with Crippen molar-refractivity contribution in [2.45, 2.75) is 26.2 Å². The molecule has 8 heteroatoms. The van der Waals surface area contributed by atoms with Gasteiger partial charge in [0.15, 0.2) is 0 Å². The molecule has 0 aliphatic carbocycles. The fourth-order valence-electron chi connectivity index (χ4n) is 1.67. The second-order valence-corrected chi connectivity index (χ2v) is 5.42. The van der Waals surface area contributed by atoms with Gasteiger partial charge in [0, 0.05) is 30.3 Å². The lowest BCUT2D eigenvalue weighted by molar-refractivity contribution is -0.126. The van der Waals surface area contributed by atoms with Crippen molar-refractivity contribution in [2.75, 3.05) is 13.1 Å². The number of carbonyl (C=O) groups excluding carboxylic acids is 2. The number of amides is 2. The molecule has 2 aromatic rings. The molecular weight excluding hydrogens is 304 g/mol. The summed E-state index contributed by atoms with van der Waals surface area (Å²) in [6.07, 6.45) is 1.41. The Morgan fingerprint density at radius 2 is 2.14 bits per heavy atom. The van der Waals surface area contributed by atoms with Gasteiger partial charge in [-0.05, 0) is 17.9 Å². The first-order chi connectivity index (χ1) is 10.7. The lowest BCUT2D eigenvalue weighted by Gasteiger charge is -2.05. The van der Waals surface area contributed by atoms with E-state index in [9.17, 15) is 9.59 Å². The summed E-state index contributed by atoms with van der Waals surface area (Å²) in [5.41, 5.74) is 0.876. The molecule has 2 heterocycles. The minimum absolute atomic E-state index is 0.0111. The van der Waals surface area contributed by atoms with Crippen molar-refractivity contribution in [3.8, 4) is 11.5 Å². The van der Waals surface area contributed by atoms with Crippen LogP contribution in [0.1, 0.15) is 25.7 Å². The summed E-state index contributed by atoms with van der Waals surface area (Å²) in [6, 6.07) is 1.89. The summed E-state index contributed by atoms with van der Waals surface area (Å²) < 4.78 is 5.48. The number of nitrogens with one attached hydrogen (secondary N) is 2. The highest BCUT2D eigenvalue weighted by molar-refractivity contribution is 7.08. The van der Waals surface area contributed by atoms with Gasteiger partial charge in [-0.2, -0.15) is 11.3 Å². The molecule has 22 heavy (non-hydrogen) atoms. The standard InChI is InChI=1S/C14H18N4O3S/c1-2-6-15-12(20)8-16-11(19)3-4-13-17-18-14(21-13)10-5-7-22-9-10/h5,7,9H,2-4,6,8H2,1H3,(H,15,20)(H,16,19). The maximum Gasteiger partial charge on any atom is 0.248 e. The van der Waals surface area contributed by atoms with Crippen LogP contribution in [0.5, 0.6) is 0 Å². The zero-order chi connectivity index (χ0) is 15.8. The number of rotatable bonds is 8. The SMILES string of the molecule is CCCNC(=O)CNC(=O)CCc1nnc(-c2ccsc2)o1. The Labute approximate surface area is 132 Å². The molecule has 0 aliphatic rings. The van der Waals surface area contributed by atoms with Gasteiger partial charge in [0.2, 0.25) is 23.6 Å². The van der Waals surface area contributed by atoms with Crippen LogP contribution in [0.15, 0.2) is 21.2 Å². The minimum atomic E-state index is -0.220. The van der Waals surface area contributed by atoms with Gasteiger partial charge < -0.3 is 15.1 Å². The number of aromatic nitrogens is 2. The van der Waals surface area contributed by atoms with E-state index in [-0.39, 0.29) is 24.8 Å². The van der Waals surface area contributed by atoms with Crippen LogP contribution in [0.25, 0.3) is 11.5 Å². The van der Waals surface area contributed by atoms with Crippen LogP contribution in [-0.2, 0) is 16.0 Å². The summed E-state index contributed by atoms with van der Waals surface area (Å²) in [4.78, 5) is 23.0. The predicted octanol–water partition coefficient (Wildman–Crippen LogP) is 1.37. The minimum Gasteiger partial charge on any atom is -0.421 e. The fourth-order valence-corrected chi connectivity index (χ4v) is 2.30. The second kappa shape index (κ2) is 8.28. The molecule has 0 saturated carbocycles. The molecule has 0 radical (unpaired) electrons. The number of hydrogen-bond acceptors (Lipinski definition) is 6. The zero-order valence-electron chi connectivity index (χ0n) is 12.3. The van der Waals surface area contributed by atoms with Crippen LogP contribution in [0.2, 0.25) is 0 Å². The van der Waals surface area contributed by atoms with Crippen molar-refractivity contribution in [1.82, 2.24) is 20.8 Å². The molecule has 0 fully saturated rings. The molecule has 0 spiro atoms. The summed E-state index contributed by atoms with van der Waals surface area (Å²) in [5.74, 6) is 0.456. The third-order valence-electron chi connectivity index (χ3n) is 2.82. The van der Waals surface area contributed by atoms with Gasteiger partial charge in [0.05, 0.1) is 6.54 Å². The molecule has 2 aromatic heterocycles. The Kier molecular flexibility index (Phi) is 6.08. The van der Waals surface area contributed by atoms with E-state index in [0.29, 0.717) is 24.7 Å². The van der Waals surface area contributed by atoms with E-state index in [1.807, 2.05) is 23.8 Å². The zero-order valence-corrected chi connectivity index (χ0v) is 13.1. The van der Waals surface area contributed by atoms with Crippen LogP contribution < -0.4 is 10.6 Å². The van der Waals surface area contributed by atoms with Gasteiger partial charge in [-0.25, -0.2) is 0 Å². The predicted molar refractivity (Wildman–Crippen MR) is 82.2 cm³/mol. The summed E-state index contributed by atoms with van der Waals surface area (Å²) in [7, 11) is 0. The first kappa shape index (κ1) is 16.2. The van der Waals surface area contributed by atoms with Crippen LogP contribution in [0.3, 0.4) is 0 Å². The number of hydrogen-bond donors (Lipinski definition) is 2. The monoisotopic (exact) mass is 322 g/mol. The van der Waals surface area contributed by atoms with Crippen molar-refractivity contribution in [3.63, 3.8) is 0 Å². The lowest BCUT2D eigenvalue weighted by atomic mass is 10.3. The Morgan fingerprint density at radius 1 is 1.27 bits per heavy atom. The van der Waals surface area contributed by atoms with Gasteiger partial charge in [0.25, 0.3) is 0 Å². The van der Waals surface area contributed by atoms with Crippen LogP contribution in [0.4, 0.5) is 0 Å². The highest BCUT2D eigenvalue weighted by Crippen LogP contribution is 2.20. The summed E-state index contributed by atoms with van der Waals surface area (Å²) >= 11 is 1.55. The topological polar surface area (TPSA) is 97.1 Å². The number of aryl methyl sites for hydroxylation is 1. The van der Waals surface area contributed by atoms with Gasteiger partial charge in [-0.3, -0.25) is 9.59 Å². The number of thiophene rings is 1. The number of nitrogens with zero attached hydrogens (tertiary/aromatic N) is 2.